The summed E-state index contributed by atoms with van der Waals surface area (Å²) in [4.78, 5) is 0. The molecule has 0 unspecified atom stereocenters. The van der Waals surface area contributed by atoms with Crippen molar-refractivity contribution in [1.82, 2.24) is 0 Å². The fourth-order valence-electron chi connectivity index (χ4n) is 1.63. The Bertz CT molecular complexity index is 648. The van der Waals surface area contributed by atoms with Gasteiger partial charge in [0.2, 0.25) is 0 Å². The number of aromatic hydroxyl groups is 1. The Balaban J connectivity index is 2.28. The number of hydrogen-bond acceptors (Lipinski definition) is 3. The number of hydrazone groups is 1. The summed E-state index contributed by atoms with van der Waals surface area (Å²) in [5.74, 6) is 0.156. The van der Waals surface area contributed by atoms with Gasteiger partial charge in [-0.15, -0.1) is 0 Å². The molecule has 0 aliphatic rings. The van der Waals surface area contributed by atoms with E-state index in [0.717, 1.165) is 0 Å². The summed E-state index contributed by atoms with van der Waals surface area (Å²) in [7, 11) is 0. The molecular formula is C14H11Cl3N2O. The molecule has 2 aromatic carbocycles. The number of anilines is 1. The molecule has 0 aliphatic carbocycles. The number of hydrogen-bond donors (Lipinski definition) is 2. The summed E-state index contributed by atoms with van der Waals surface area (Å²) in [5.41, 5.74) is 4.48. The van der Waals surface area contributed by atoms with Gasteiger partial charge in [0.05, 0.1) is 21.4 Å². The molecule has 0 radical (unpaired) electrons. The molecule has 104 valence electrons. The summed E-state index contributed by atoms with van der Waals surface area (Å²) in [6, 6.07) is 10.1. The second-order valence-electron chi connectivity index (χ2n) is 4.07. The van der Waals surface area contributed by atoms with Crippen LogP contribution in [0.4, 0.5) is 5.69 Å². The first kappa shape index (κ1) is 15.0. The smallest absolute Gasteiger partial charge is 0.124 e. The molecule has 0 atom stereocenters. The van der Waals surface area contributed by atoms with E-state index < -0.39 is 0 Å². The van der Waals surface area contributed by atoms with E-state index in [0.29, 0.717) is 32.0 Å². The van der Waals surface area contributed by atoms with Gasteiger partial charge in [-0.25, -0.2) is 0 Å². The van der Waals surface area contributed by atoms with Crippen LogP contribution in [0.5, 0.6) is 5.75 Å². The van der Waals surface area contributed by atoms with Gasteiger partial charge in [0.15, 0.2) is 0 Å². The standard InChI is InChI=1S/C14H11Cl3N2O/c1-8(10-4-2-3-5-13(10)20)18-19-14-11(16)6-9(15)7-12(14)17/h2-7,19-20H,1H3/b18-8+. The Labute approximate surface area is 131 Å². The van der Waals surface area contributed by atoms with Crippen LogP contribution in [0.2, 0.25) is 15.1 Å². The maximum atomic E-state index is 9.75. The average molecular weight is 330 g/mol. The summed E-state index contributed by atoms with van der Waals surface area (Å²) < 4.78 is 0. The molecule has 0 bridgehead atoms. The summed E-state index contributed by atoms with van der Waals surface area (Å²) in [6.07, 6.45) is 0. The van der Waals surface area contributed by atoms with E-state index in [-0.39, 0.29) is 5.75 Å². The minimum absolute atomic E-state index is 0.156. The quantitative estimate of drug-likeness (QED) is 0.601. The number of para-hydroxylation sites is 1. The van der Waals surface area contributed by atoms with E-state index >= 15 is 0 Å². The molecule has 0 amide bonds. The molecule has 2 aromatic rings. The maximum absolute atomic E-state index is 9.75. The second kappa shape index (κ2) is 6.35. The highest BCUT2D eigenvalue weighted by Crippen LogP contribution is 2.33. The molecule has 0 saturated carbocycles. The Morgan fingerprint density at radius 3 is 2.30 bits per heavy atom. The number of halogens is 3. The Morgan fingerprint density at radius 1 is 1.10 bits per heavy atom. The summed E-state index contributed by atoms with van der Waals surface area (Å²) >= 11 is 17.9. The predicted molar refractivity (Wildman–Crippen MR) is 85.4 cm³/mol. The first-order chi connectivity index (χ1) is 9.49. The van der Waals surface area contributed by atoms with Crippen LogP contribution in [-0.4, -0.2) is 10.8 Å². The van der Waals surface area contributed by atoms with Crippen molar-refractivity contribution in [1.29, 1.82) is 0 Å². The topological polar surface area (TPSA) is 44.6 Å². The third kappa shape index (κ3) is 3.37. The van der Waals surface area contributed by atoms with Crippen LogP contribution in [0.25, 0.3) is 0 Å². The summed E-state index contributed by atoms with van der Waals surface area (Å²) in [6.45, 7) is 1.76. The van der Waals surface area contributed by atoms with Gasteiger partial charge >= 0.3 is 0 Å². The minimum atomic E-state index is 0.156. The van der Waals surface area contributed by atoms with Crippen molar-refractivity contribution < 1.29 is 5.11 Å². The lowest BCUT2D eigenvalue weighted by atomic mass is 10.1. The van der Waals surface area contributed by atoms with Crippen molar-refractivity contribution in [3.05, 3.63) is 57.0 Å². The minimum Gasteiger partial charge on any atom is -0.507 e. The highest BCUT2D eigenvalue weighted by atomic mass is 35.5. The van der Waals surface area contributed by atoms with Crippen LogP contribution in [0.15, 0.2) is 41.5 Å². The molecule has 3 nitrogen and oxygen atoms in total. The van der Waals surface area contributed by atoms with Gasteiger partial charge in [-0.05, 0) is 31.2 Å². The highest BCUT2D eigenvalue weighted by molar-refractivity contribution is 6.41. The highest BCUT2D eigenvalue weighted by Gasteiger charge is 2.08. The maximum Gasteiger partial charge on any atom is 0.124 e. The summed E-state index contributed by atoms with van der Waals surface area (Å²) in [5, 5.41) is 15.1. The zero-order valence-corrected chi connectivity index (χ0v) is 12.8. The van der Waals surface area contributed by atoms with Gasteiger partial charge < -0.3 is 5.11 Å². The Hall–Kier alpha value is -1.42. The van der Waals surface area contributed by atoms with Crippen molar-refractivity contribution in [2.24, 2.45) is 5.10 Å². The lowest BCUT2D eigenvalue weighted by Crippen LogP contribution is -2.00. The lowest BCUT2D eigenvalue weighted by molar-refractivity contribution is 0.474. The number of phenols is 1. The lowest BCUT2D eigenvalue weighted by Gasteiger charge is -2.09. The van der Waals surface area contributed by atoms with Gasteiger partial charge in [-0.2, -0.15) is 5.10 Å². The monoisotopic (exact) mass is 328 g/mol. The van der Waals surface area contributed by atoms with Gasteiger partial charge in [0.1, 0.15) is 5.75 Å². The number of phenolic OH excluding ortho intramolecular Hbond substituents is 1. The molecular weight excluding hydrogens is 319 g/mol. The molecule has 0 saturated heterocycles. The van der Waals surface area contributed by atoms with E-state index in [4.69, 9.17) is 34.8 Å². The molecule has 20 heavy (non-hydrogen) atoms. The van der Waals surface area contributed by atoms with Crippen molar-refractivity contribution >= 4 is 46.2 Å². The van der Waals surface area contributed by atoms with Crippen molar-refractivity contribution in [2.75, 3.05) is 5.43 Å². The normalized spacial score (nSPS) is 11.5. The van der Waals surface area contributed by atoms with E-state index in [2.05, 4.69) is 10.5 Å². The third-order valence-corrected chi connectivity index (χ3v) is 3.45. The second-order valence-corrected chi connectivity index (χ2v) is 5.32. The van der Waals surface area contributed by atoms with Gasteiger partial charge in [-0.1, -0.05) is 46.9 Å². The number of benzene rings is 2. The molecule has 0 aromatic heterocycles. The van der Waals surface area contributed by atoms with E-state index in [9.17, 15) is 5.11 Å². The molecule has 0 spiro atoms. The fourth-order valence-corrected chi connectivity index (χ4v) is 2.53. The van der Waals surface area contributed by atoms with Crippen molar-refractivity contribution in [3.8, 4) is 5.75 Å². The Kier molecular flexibility index (Phi) is 4.76. The van der Waals surface area contributed by atoms with Crippen LogP contribution in [0.3, 0.4) is 0 Å². The first-order valence-corrected chi connectivity index (χ1v) is 6.85. The van der Waals surface area contributed by atoms with E-state index in [1.165, 1.54) is 0 Å². The van der Waals surface area contributed by atoms with Gasteiger partial charge in [0.25, 0.3) is 0 Å². The van der Waals surface area contributed by atoms with Crippen LogP contribution in [-0.2, 0) is 0 Å². The van der Waals surface area contributed by atoms with Gasteiger partial charge in [0, 0.05) is 10.6 Å². The molecule has 6 heteroatoms. The molecule has 0 aliphatic heterocycles. The zero-order chi connectivity index (χ0) is 14.7. The van der Waals surface area contributed by atoms with Gasteiger partial charge in [-0.3, -0.25) is 5.43 Å². The van der Waals surface area contributed by atoms with Crippen LogP contribution < -0.4 is 5.43 Å². The number of nitrogens with zero attached hydrogens (tertiary/aromatic N) is 1. The first-order valence-electron chi connectivity index (χ1n) is 5.72. The van der Waals surface area contributed by atoms with Crippen molar-refractivity contribution in [2.45, 2.75) is 6.92 Å². The van der Waals surface area contributed by atoms with E-state index in [1.807, 2.05) is 6.07 Å². The van der Waals surface area contributed by atoms with Crippen molar-refractivity contribution in [3.63, 3.8) is 0 Å². The Morgan fingerprint density at radius 2 is 1.70 bits per heavy atom. The third-order valence-electron chi connectivity index (χ3n) is 2.64. The SMILES string of the molecule is C/C(=N\Nc1c(Cl)cc(Cl)cc1Cl)c1ccccc1O. The molecule has 0 heterocycles. The average Bonchev–Trinajstić information content (AvgIpc) is 2.37. The van der Waals surface area contributed by atoms with Crippen LogP contribution in [0.1, 0.15) is 12.5 Å². The van der Waals surface area contributed by atoms with Crippen LogP contribution in [0, 0.1) is 0 Å². The molecule has 2 rings (SSSR count). The zero-order valence-electron chi connectivity index (χ0n) is 10.5. The largest absolute Gasteiger partial charge is 0.507 e. The van der Waals surface area contributed by atoms with E-state index in [1.54, 1.807) is 37.3 Å². The number of nitrogens with one attached hydrogen (secondary N) is 1. The van der Waals surface area contributed by atoms with Crippen LogP contribution >= 0.6 is 34.8 Å². The predicted octanol–water partition coefficient (Wildman–Crippen LogP) is 5.19. The molecule has 0 fully saturated rings. The fraction of sp³-hybridized carbons (Fsp3) is 0.0714. The molecule has 2 N–H and O–H groups in total. The number of rotatable bonds is 3.